The summed E-state index contributed by atoms with van der Waals surface area (Å²) >= 11 is 0. The molecule has 0 fully saturated rings. The van der Waals surface area contributed by atoms with E-state index in [4.69, 9.17) is 0 Å². The second-order valence-corrected chi connectivity index (χ2v) is 4.82. The van der Waals surface area contributed by atoms with Crippen molar-refractivity contribution in [2.24, 2.45) is 5.92 Å². The maximum absolute atomic E-state index is 2.45. The topological polar surface area (TPSA) is 3.24 Å². The summed E-state index contributed by atoms with van der Waals surface area (Å²) in [4.78, 5) is 2.45. The summed E-state index contributed by atoms with van der Waals surface area (Å²) in [7, 11) is 0. The zero-order chi connectivity index (χ0) is 11.7. The smallest absolute Gasteiger partial charge is 0.0165 e. The summed E-state index contributed by atoms with van der Waals surface area (Å²) in [6.07, 6.45) is 6.38. The first-order chi connectivity index (χ1) is 7.10. The van der Waals surface area contributed by atoms with Crippen molar-refractivity contribution < 1.29 is 0 Å². The van der Waals surface area contributed by atoms with Gasteiger partial charge in [0.05, 0.1) is 0 Å². The van der Waals surface area contributed by atoms with Crippen molar-refractivity contribution in [3.8, 4) is 0 Å². The van der Waals surface area contributed by atoms with Crippen LogP contribution in [0.3, 0.4) is 0 Å². The second kappa shape index (κ2) is 8.96. The van der Waals surface area contributed by atoms with Crippen molar-refractivity contribution in [2.45, 2.75) is 53.9 Å². The Bertz CT molecular complexity index is 166. The minimum Gasteiger partial charge on any atom is -0.300 e. The minimum absolute atomic E-state index is 0.848. The Balaban J connectivity index is 3.68. The molecule has 0 rings (SSSR count). The highest BCUT2D eigenvalue weighted by atomic mass is 15.1. The predicted octanol–water partition coefficient (Wildman–Crippen LogP) is 4.10. The van der Waals surface area contributed by atoms with Crippen LogP contribution in [-0.4, -0.2) is 24.5 Å². The van der Waals surface area contributed by atoms with Crippen molar-refractivity contribution in [3.05, 3.63) is 11.6 Å². The molecule has 0 heterocycles. The molecular weight excluding hydrogens is 182 g/mol. The maximum Gasteiger partial charge on any atom is 0.0165 e. The van der Waals surface area contributed by atoms with Gasteiger partial charge in [-0.05, 0) is 38.8 Å². The van der Waals surface area contributed by atoms with Crippen LogP contribution >= 0.6 is 0 Å². The van der Waals surface area contributed by atoms with E-state index in [2.05, 4.69) is 45.6 Å². The van der Waals surface area contributed by atoms with Gasteiger partial charge < -0.3 is 4.90 Å². The van der Waals surface area contributed by atoms with E-state index in [9.17, 15) is 0 Å². The summed E-state index contributed by atoms with van der Waals surface area (Å²) in [6, 6.07) is 0. The summed E-state index contributed by atoms with van der Waals surface area (Å²) in [5.41, 5.74) is 1.56. The molecule has 0 saturated carbocycles. The van der Waals surface area contributed by atoms with Crippen LogP contribution in [0.5, 0.6) is 0 Å². The van der Waals surface area contributed by atoms with Crippen LogP contribution in [0, 0.1) is 5.92 Å². The quantitative estimate of drug-likeness (QED) is 0.546. The highest BCUT2D eigenvalue weighted by Gasteiger charge is 1.97. The Hall–Kier alpha value is -0.300. The van der Waals surface area contributed by atoms with Gasteiger partial charge in [-0.15, -0.1) is 0 Å². The van der Waals surface area contributed by atoms with Crippen molar-refractivity contribution in [1.29, 1.82) is 0 Å². The van der Waals surface area contributed by atoms with Gasteiger partial charge in [0.2, 0.25) is 0 Å². The van der Waals surface area contributed by atoms with E-state index in [-0.39, 0.29) is 0 Å². The third kappa shape index (κ3) is 8.68. The maximum atomic E-state index is 2.45. The molecule has 0 aliphatic carbocycles. The van der Waals surface area contributed by atoms with Crippen LogP contribution < -0.4 is 0 Å². The Morgan fingerprint density at radius 2 is 1.80 bits per heavy atom. The van der Waals surface area contributed by atoms with Gasteiger partial charge in [0.1, 0.15) is 0 Å². The lowest BCUT2D eigenvalue weighted by Crippen LogP contribution is -2.22. The molecule has 0 aromatic heterocycles. The fraction of sp³-hybridized carbons (Fsp3) is 0.857. The Labute approximate surface area is 96.6 Å². The lowest BCUT2D eigenvalue weighted by atomic mass is 10.0. The van der Waals surface area contributed by atoms with Gasteiger partial charge in [0.15, 0.2) is 0 Å². The molecule has 0 radical (unpaired) electrons. The average molecular weight is 211 g/mol. The van der Waals surface area contributed by atoms with Crippen LogP contribution in [-0.2, 0) is 0 Å². The molecular formula is C14H29N. The lowest BCUT2D eigenvalue weighted by molar-refractivity contribution is 0.336. The number of hydrogen-bond acceptors (Lipinski definition) is 1. The van der Waals surface area contributed by atoms with E-state index >= 15 is 0 Å². The lowest BCUT2D eigenvalue weighted by Gasteiger charge is -2.15. The van der Waals surface area contributed by atoms with E-state index in [1.807, 2.05) is 0 Å². The van der Waals surface area contributed by atoms with Crippen LogP contribution in [0.2, 0.25) is 0 Å². The zero-order valence-corrected chi connectivity index (χ0v) is 11.3. The third-order valence-corrected chi connectivity index (χ3v) is 2.94. The molecule has 15 heavy (non-hydrogen) atoms. The molecule has 1 heteroatoms. The summed E-state index contributed by atoms with van der Waals surface area (Å²) < 4.78 is 0. The van der Waals surface area contributed by atoms with E-state index in [1.54, 1.807) is 5.57 Å². The van der Waals surface area contributed by atoms with E-state index in [1.165, 1.54) is 19.3 Å². The van der Waals surface area contributed by atoms with E-state index < -0.39 is 0 Å². The molecule has 0 aliphatic rings. The molecule has 0 bridgehead atoms. The predicted molar refractivity (Wildman–Crippen MR) is 70.2 cm³/mol. The minimum atomic E-state index is 0.848. The normalized spacial score (nSPS) is 12.9. The Kier molecular flexibility index (Phi) is 8.79. The standard InChI is InChI=1S/C14H29N/c1-6-15(7-2)12-11-14(5)10-8-9-13(3)4/h11,13H,6-10,12H2,1-5H3/b14-11+. The third-order valence-electron chi connectivity index (χ3n) is 2.94. The largest absolute Gasteiger partial charge is 0.300 e. The first-order valence-corrected chi connectivity index (χ1v) is 6.48. The molecule has 0 amide bonds. The van der Waals surface area contributed by atoms with Crippen molar-refractivity contribution in [3.63, 3.8) is 0 Å². The molecule has 0 unspecified atom stereocenters. The molecule has 0 atom stereocenters. The van der Waals surface area contributed by atoms with Crippen LogP contribution in [0.1, 0.15) is 53.9 Å². The van der Waals surface area contributed by atoms with Crippen LogP contribution in [0.15, 0.2) is 11.6 Å². The Morgan fingerprint density at radius 1 is 1.20 bits per heavy atom. The molecule has 0 N–H and O–H groups in total. The summed E-state index contributed by atoms with van der Waals surface area (Å²) in [6.45, 7) is 14.8. The Morgan fingerprint density at radius 3 is 2.27 bits per heavy atom. The van der Waals surface area contributed by atoms with Gasteiger partial charge in [0.25, 0.3) is 0 Å². The number of hydrogen-bond donors (Lipinski definition) is 0. The number of rotatable bonds is 8. The molecule has 0 aromatic rings. The van der Waals surface area contributed by atoms with E-state index in [0.717, 1.165) is 25.6 Å². The van der Waals surface area contributed by atoms with E-state index in [0.29, 0.717) is 0 Å². The van der Waals surface area contributed by atoms with Crippen LogP contribution in [0.25, 0.3) is 0 Å². The van der Waals surface area contributed by atoms with Crippen LogP contribution in [0.4, 0.5) is 0 Å². The van der Waals surface area contributed by atoms with Crippen molar-refractivity contribution in [2.75, 3.05) is 19.6 Å². The van der Waals surface area contributed by atoms with Gasteiger partial charge >= 0.3 is 0 Å². The fourth-order valence-corrected chi connectivity index (χ4v) is 1.66. The van der Waals surface area contributed by atoms with Gasteiger partial charge in [-0.1, -0.05) is 45.8 Å². The van der Waals surface area contributed by atoms with Crippen molar-refractivity contribution >= 4 is 0 Å². The molecule has 0 aromatic carbocycles. The van der Waals surface area contributed by atoms with Crippen molar-refractivity contribution in [1.82, 2.24) is 4.90 Å². The van der Waals surface area contributed by atoms with Gasteiger partial charge in [-0.3, -0.25) is 0 Å². The molecule has 1 nitrogen and oxygen atoms in total. The first-order valence-electron chi connectivity index (χ1n) is 6.48. The molecule has 90 valence electrons. The molecule has 0 aliphatic heterocycles. The monoisotopic (exact) mass is 211 g/mol. The first kappa shape index (κ1) is 14.7. The summed E-state index contributed by atoms with van der Waals surface area (Å²) in [5.74, 6) is 0.848. The van der Waals surface area contributed by atoms with Gasteiger partial charge in [0, 0.05) is 6.54 Å². The molecule has 0 saturated heterocycles. The average Bonchev–Trinajstić information content (AvgIpc) is 2.18. The number of allylic oxidation sites excluding steroid dienone is 1. The highest BCUT2D eigenvalue weighted by molar-refractivity contribution is 4.99. The fourth-order valence-electron chi connectivity index (χ4n) is 1.66. The number of nitrogens with zero attached hydrogens (tertiary/aromatic N) is 1. The van der Waals surface area contributed by atoms with Gasteiger partial charge in [-0.25, -0.2) is 0 Å². The second-order valence-electron chi connectivity index (χ2n) is 4.82. The highest BCUT2D eigenvalue weighted by Crippen LogP contribution is 2.11. The van der Waals surface area contributed by atoms with Gasteiger partial charge in [-0.2, -0.15) is 0 Å². The number of likely N-dealkylation sites (N-methyl/N-ethyl adjacent to an activating group) is 1. The SMILES string of the molecule is CCN(CC)C/C=C(\C)CCCC(C)C. The molecule has 0 spiro atoms. The zero-order valence-electron chi connectivity index (χ0n) is 11.3. The summed E-state index contributed by atoms with van der Waals surface area (Å²) in [5, 5.41) is 0.